The zero-order valence-electron chi connectivity index (χ0n) is 6.91. The second kappa shape index (κ2) is 2.26. The van der Waals surface area contributed by atoms with Crippen molar-refractivity contribution < 1.29 is 0 Å². The van der Waals surface area contributed by atoms with Crippen LogP contribution >= 0.6 is 0 Å². The number of anilines is 1. The molecule has 0 bridgehead atoms. The van der Waals surface area contributed by atoms with E-state index in [0.717, 1.165) is 11.9 Å². The Kier molecular flexibility index (Phi) is 1.37. The lowest BCUT2D eigenvalue weighted by atomic mass is 10.5. The maximum atomic E-state index is 4.18. The minimum Gasteiger partial charge on any atom is -0.359 e. The van der Waals surface area contributed by atoms with Crippen molar-refractivity contribution in [3.63, 3.8) is 0 Å². The van der Waals surface area contributed by atoms with Crippen molar-refractivity contribution in [3.05, 3.63) is 12.4 Å². The highest BCUT2D eigenvalue weighted by molar-refractivity contribution is 5.26. The fourth-order valence-electron chi connectivity index (χ4n) is 1.46. The molecule has 0 radical (unpaired) electrons. The zero-order chi connectivity index (χ0) is 7.84. The normalized spacial score (nSPS) is 28.5. The van der Waals surface area contributed by atoms with Crippen LogP contribution in [0.2, 0.25) is 0 Å². The van der Waals surface area contributed by atoms with E-state index in [1.54, 1.807) is 0 Å². The van der Waals surface area contributed by atoms with Crippen molar-refractivity contribution in [1.82, 2.24) is 9.55 Å². The molecule has 1 fully saturated rings. The average Bonchev–Trinajstić information content (AvgIpc) is 2.58. The Bertz CT molecular complexity index is 254. The molecule has 0 amide bonds. The molecule has 1 aliphatic carbocycles. The van der Waals surface area contributed by atoms with E-state index in [-0.39, 0.29) is 0 Å². The van der Waals surface area contributed by atoms with Crippen LogP contribution in [0, 0.1) is 5.92 Å². The molecule has 3 heteroatoms. The summed E-state index contributed by atoms with van der Waals surface area (Å²) in [5, 5.41) is 3.07. The van der Waals surface area contributed by atoms with E-state index in [1.807, 2.05) is 19.4 Å². The molecule has 0 aromatic carbocycles. The van der Waals surface area contributed by atoms with Gasteiger partial charge in [-0.1, -0.05) is 6.92 Å². The van der Waals surface area contributed by atoms with Crippen LogP contribution in [0.3, 0.4) is 0 Å². The first-order valence-electron chi connectivity index (χ1n) is 4.03. The maximum Gasteiger partial charge on any atom is 0.202 e. The quantitative estimate of drug-likeness (QED) is 0.694. The number of aromatic nitrogens is 2. The minimum absolute atomic E-state index is 0.694. The highest BCUT2D eigenvalue weighted by Gasteiger charge is 2.35. The smallest absolute Gasteiger partial charge is 0.202 e. The lowest BCUT2D eigenvalue weighted by molar-refractivity contribution is 0.692. The van der Waals surface area contributed by atoms with E-state index in [1.165, 1.54) is 6.42 Å². The first-order valence-corrected chi connectivity index (χ1v) is 4.03. The molecule has 1 saturated carbocycles. The molecular weight excluding hydrogens is 138 g/mol. The summed E-state index contributed by atoms with van der Waals surface area (Å²) in [6.45, 7) is 2.27. The Morgan fingerprint density at radius 2 is 2.45 bits per heavy atom. The number of hydrogen-bond acceptors (Lipinski definition) is 2. The summed E-state index contributed by atoms with van der Waals surface area (Å²) in [5.74, 6) is 1.82. The van der Waals surface area contributed by atoms with Crippen molar-refractivity contribution >= 4 is 5.95 Å². The van der Waals surface area contributed by atoms with Crippen LogP contribution in [-0.2, 0) is 0 Å². The van der Waals surface area contributed by atoms with Gasteiger partial charge in [0.25, 0.3) is 0 Å². The Balaban J connectivity index is 2.23. The molecule has 0 spiro atoms. The predicted octanol–water partition coefficient (Wildman–Crippen LogP) is 1.51. The number of nitrogens with zero attached hydrogens (tertiary/aromatic N) is 2. The first kappa shape index (κ1) is 6.70. The Hall–Kier alpha value is -0.990. The van der Waals surface area contributed by atoms with Gasteiger partial charge >= 0.3 is 0 Å². The van der Waals surface area contributed by atoms with Gasteiger partial charge in [0, 0.05) is 25.5 Å². The highest BCUT2D eigenvalue weighted by Crippen LogP contribution is 2.43. The SMILES string of the molecule is CNc1nccn1C1CC1C. The lowest BCUT2D eigenvalue weighted by Gasteiger charge is -2.04. The Morgan fingerprint density at radius 3 is 3.00 bits per heavy atom. The third kappa shape index (κ3) is 1.00. The standard InChI is InChI=1S/C8H13N3/c1-6-5-7(6)11-4-3-10-8(11)9-2/h3-4,6-7H,5H2,1-2H3,(H,9,10). The van der Waals surface area contributed by atoms with E-state index >= 15 is 0 Å². The molecule has 1 N–H and O–H groups in total. The van der Waals surface area contributed by atoms with Crippen LogP contribution in [-0.4, -0.2) is 16.6 Å². The number of hydrogen-bond donors (Lipinski definition) is 1. The van der Waals surface area contributed by atoms with E-state index < -0.39 is 0 Å². The zero-order valence-corrected chi connectivity index (χ0v) is 6.91. The molecule has 1 aromatic heterocycles. The third-order valence-corrected chi connectivity index (χ3v) is 2.32. The number of rotatable bonds is 2. The fraction of sp³-hybridized carbons (Fsp3) is 0.625. The van der Waals surface area contributed by atoms with Gasteiger partial charge in [0.1, 0.15) is 0 Å². The molecule has 1 aliphatic rings. The van der Waals surface area contributed by atoms with Gasteiger partial charge in [0.05, 0.1) is 0 Å². The maximum absolute atomic E-state index is 4.18. The van der Waals surface area contributed by atoms with E-state index in [4.69, 9.17) is 0 Å². The van der Waals surface area contributed by atoms with Crippen LogP contribution in [0.4, 0.5) is 5.95 Å². The molecule has 11 heavy (non-hydrogen) atoms. The molecule has 1 aromatic rings. The predicted molar refractivity (Wildman–Crippen MR) is 44.6 cm³/mol. The summed E-state index contributed by atoms with van der Waals surface area (Å²) < 4.78 is 2.21. The monoisotopic (exact) mass is 151 g/mol. The lowest BCUT2D eigenvalue weighted by Crippen LogP contribution is -2.01. The molecule has 0 saturated heterocycles. The Labute approximate surface area is 66.4 Å². The van der Waals surface area contributed by atoms with Crippen molar-refractivity contribution in [2.24, 2.45) is 5.92 Å². The van der Waals surface area contributed by atoms with Crippen molar-refractivity contribution in [1.29, 1.82) is 0 Å². The molecule has 60 valence electrons. The van der Waals surface area contributed by atoms with Crippen LogP contribution < -0.4 is 5.32 Å². The van der Waals surface area contributed by atoms with Crippen molar-refractivity contribution in [3.8, 4) is 0 Å². The van der Waals surface area contributed by atoms with Gasteiger partial charge in [-0.2, -0.15) is 0 Å². The van der Waals surface area contributed by atoms with Gasteiger partial charge < -0.3 is 9.88 Å². The van der Waals surface area contributed by atoms with Crippen LogP contribution in [0.25, 0.3) is 0 Å². The van der Waals surface area contributed by atoms with Crippen molar-refractivity contribution in [2.45, 2.75) is 19.4 Å². The van der Waals surface area contributed by atoms with Crippen LogP contribution in [0.1, 0.15) is 19.4 Å². The molecular formula is C8H13N3. The van der Waals surface area contributed by atoms with E-state index in [9.17, 15) is 0 Å². The first-order chi connectivity index (χ1) is 5.33. The van der Waals surface area contributed by atoms with E-state index in [0.29, 0.717) is 6.04 Å². The van der Waals surface area contributed by atoms with E-state index in [2.05, 4.69) is 21.8 Å². The van der Waals surface area contributed by atoms with Crippen LogP contribution in [0.5, 0.6) is 0 Å². The van der Waals surface area contributed by atoms with Gasteiger partial charge in [0.15, 0.2) is 0 Å². The fourth-order valence-corrected chi connectivity index (χ4v) is 1.46. The highest BCUT2D eigenvalue weighted by atomic mass is 15.2. The molecule has 2 rings (SSSR count). The molecule has 1 heterocycles. The molecule has 3 nitrogen and oxygen atoms in total. The second-order valence-electron chi connectivity index (χ2n) is 3.19. The Morgan fingerprint density at radius 1 is 1.73 bits per heavy atom. The van der Waals surface area contributed by atoms with Gasteiger partial charge in [-0.15, -0.1) is 0 Å². The van der Waals surface area contributed by atoms with Gasteiger partial charge in [-0.3, -0.25) is 0 Å². The molecule has 0 aliphatic heterocycles. The number of nitrogens with one attached hydrogen (secondary N) is 1. The average molecular weight is 151 g/mol. The summed E-state index contributed by atoms with van der Waals surface area (Å²) in [5.41, 5.74) is 0. The van der Waals surface area contributed by atoms with Crippen molar-refractivity contribution in [2.75, 3.05) is 12.4 Å². The summed E-state index contributed by atoms with van der Waals surface area (Å²) >= 11 is 0. The second-order valence-corrected chi connectivity index (χ2v) is 3.19. The minimum atomic E-state index is 0.694. The third-order valence-electron chi connectivity index (χ3n) is 2.32. The summed E-state index contributed by atoms with van der Waals surface area (Å²) in [4.78, 5) is 4.18. The van der Waals surface area contributed by atoms with Crippen LogP contribution in [0.15, 0.2) is 12.4 Å². The summed E-state index contributed by atoms with van der Waals surface area (Å²) in [7, 11) is 1.91. The summed E-state index contributed by atoms with van der Waals surface area (Å²) in [6, 6.07) is 0.694. The van der Waals surface area contributed by atoms with Gasteiger partial charge in [-0.05, 0) is 12.3 Å². The topological polar surface area (TPSA) is 29.9 Å². The summed E-state index contributed by atoms with van der Waals surface area (Å²) in [6.07, 6.45) is 5.18. The van der Waals surface area contributed by atoms with Gasteiger partial charge in [-0.25, -0.2) is 4.98 Å². The molecule has 2 atom stereocenters. The molecule has 2 unspecified atom stereocenters. The van der Waals surface area contributed by atoms with Gasteiger partial charge in [0.2, 0.25) is 5.95 Å². The largest absolute Gasteiger partial charge is 0.359 e. The number of imidazole rings is 1.